The van der Waals surface area contributed by atoms with E-state index >= 15 is 0 Å². The summed E-state index contributed by atoms with van der Waals surface area (Å²) in [5, 5.41) is 10.6. The van der Waals surface area contributed by atoms with Gasteiger partial charge in [0.25, 0.3) is 0 Å². The van der Waals surface area contributed by atoms with Gasteiger partial charge < -0.3 is 10.4 Å². The number of halogens is 3. The summed E-state index contributed by atoms with van der Waals surface area (Å²) in [5.41, 5.74) is -0.0549. The lowest BCUT2D eigenvalue weighted by atomic mass is 10.3. The normalized spacial score (nSPS) is 9.93. The highest BCUT2D eigenvalue weighted by Crippen LogP contribution is 2.23. The number of nitrogens with one attached hydrogen (secondary N) is 1. The highest BCUT2D eigenvalue weighted by molar-refractivity contribution is 9.10. The standard InChI is InChI=1S/C8H6BrF2NO2/c9-4-1-7(12-3-8(13)14)6(11)2-5(4)10/h1-2,12H,3H2,(H,13,14). The molecule has 0 saturated heterocycles. The van der Waals surface area contributed by atoms with Gasteiger partial charge in [0.15, 0.2) is 0 Å². The van der Waals surface area contributed by atoms with Crippen molar-refractivity contribution in [3.63, 3.8) is 0 Å². The van der Waals surface area contributed by atoms with E-state index in [-0.39, 0.29) is 10.2 Å². The molecular formula is C8H6BrF2NO2. The maximum atomic E-state index is 13.0. The topological polar surface area (TPSA) is 49.3 Å². The number of benzene rings is 1. The highest BCUT2D eigenvalue weighted by Gasteiger charge is 2.08. The van der Waals surface area contributed by atoms with Gasteiger partial charge in [-0.3, -0.25) is 4.79 Å². The second-order valence-corrected chi connectivity index (χ2v) is 3.35. The lowest BCUT2D eigenvalue weighted by molar-refractivity contribution is -0.134. The minimum absolute atomic E-state index is 0.0549. The van der Waals surface area contributed by atoms with Crippen LogP contribution in [0.3, 0.4) is 0 Å². The molecule has 3 nitrogen and oxygen atoms in total. The van der Waals surface area contributed by atoms with Crippen LogP contribution in [0.15, 0.2) is 16.6 Å². The van der Waals surface area contributed by atoms with Crippen molar-refractivity contribution in [2.24, 2.45) is 0 Å². The summed E-state index contributed by atoms with van der Waals surface area (Å²) in [6.07, 6.45) is 0. The number of hydrogen-bond donors (Lipinski definition) is 2. The molecule has 0 heterocycles. The summed E-state index contributed by atoms with van der Waals surface area (Å²) in [5.74, 6) is -2.68. The van der Waals surface area contributed by atoms with Crippen molar-refractivity contribution in [2.75, 3.05) is 11.9 Å². The predicted molar refractivity (Wildman–Crippen MR) is 50.2 cm³/mol. The van der Waals surface area contributed by atoms with Gasteiger partial charge in [-0.2, -0.15) is 0 Å². The molecule has 0 aliphatic carbocycles. The number of anilines is 1. The first-order valence-corrected chi connectivity index (χ1v) is 4.40. The second-order valence-electron chi connectivity index (χ2n) is 2.49. The average molecular weight is 266 g/mol. The summed E-state index contributed by atoms with van der Waals surface area (Å²) in [6.45, 7) is -0.422. The Morgan fingerprint density at radius 1 is 1.43 bits per heavy atom. The van der Waals surface area contributed by atoms with E-state index in [4.69, 9.17) is 5.11 Å². The molecule has 76 valence electrons. The smallest absolute Gasteiger partial charge is 0.322 e. The van der Waals surface area contributed by atoms with Gasteiger partial charge >= 0.3 is 5.97 Å². The van der Waals surface area contributed by atoms with Crippen molar-refractivity contribution in [2.45, 2.75) is 0 Å². The Balaban J connectivity index is 2.87. The molecular weight excluding hydrogens is 260 g/mol. The Labute approximate surface area is 86.9 Å². The van der Waals surface area contributed by atoms with Crippen LogP contribution in [0.4, 0.5) is 14.5 Å². The third-order valence-electron chi connectivity index (χ3n) is 1.44. The molecule has 0 radical (unpaired) electrons. The van der Waals surface area contributed by atoms with Crippen LogP contribution >= 0.6 is 15.9 Å². The molecule has 0 fully saturated rings. The van der Waals surface area contributed by atoms with E-state index in [0.29, 0.717) is 6.07 Å². The van der Waals surface area contributed by atoms with Crippen molar-refractivity contribution in [1.29, 1.82) is 0 Å². The number of carboxylic acid groups (broad SMARTS) is 1. The first-order valence-electron chi connectivity index (χ1n) is 3.61. The lowest BCUT2D eigenvalue weighted by Gasteiger charge is -2.05. The second kappa shape index (κ2) is 4.36. The van der Waals surface area contributed by atoms with Crippen LogP contribution in [0, 0.1) is 11.6 Å². The fourth-order valence-corrected chi connectivity index (χ4v) is 1.17. The summed E-state index contributed by atoms with van der Waals surface area (Å²) in [4.78, 5) is 10.2. The zero-order valence-electron chi connectivity index (χ0n) is 6.85. The maximum Gasteiger partial charge on any atom is 0.322 e. The molecule has 0 aromatic heterocycles. The third-order valence-corrected chi connectivity index (χ3v) is 2.05. The van der Waals surface area contributed by atoms with Gasteiger partial charge in [0, 0.05) is 6.07 Å². The van der Waals surface area contributed by atoms with Crippen molar-refractivity contribution in [3.8, 4) is 0 Å². The van der Waals surface area contributed by atoms with E-state index in [0.717, 1.165) is 6.07 Å². The molecule has 14 heavy (non-hydrogen) atoms. The van der Waals surface area contributed by atoms with E-state index in [1.807, 2.05) is 0 Å². The lowest BCUT2D eigenvalue weighted by Crippen LogP contribution is -2.13. The van der Waals surface area contributed by atoms with Crippen LogP contribution in [-0.4, -0.2) is 17.6 Å². The van der Waals surface area contributed by atoms with E-state index < -0.39 is 24.1 Å². The van der Waals surface area contributed by atoms with Gasteiger partial charge in [-0.05, 0) is 22.0 Å². The van der Waals surface area contributed by atoms with Crippen LogP contribution in [0.5, 0.6) is 0 Å². The molecule has 6 heteroatoms. The molecule has 0 spiro atoms. The largest absolute Gasteiger partial charge is 0.480 e. The van der Waals surface area contributed by atoms with Crippen molar-refractivity contribution < 1.29 is 18.7 Å². The molecule has 0 bridgehead atoms. The van der Waals surface area contributed by atoms with Crippen LogP contribution in [0.25, 0.3) is 0 Å². The molecule has 0 amide bonds. The fraction of sp³-hybridized carbons (Fsp3) is 0.125. The first kappa shape index (κ1) is 10.9. The van der Waals surface area contributed by atoms with Gasteiger partial charge in [0.1, 0.15) is 18.2 Å². The monoisotopic (exact) mass is 265 g/mol. The molecule has 0 unspecified atom stereocenters. The minimum Gasteiger partial charge on any atom is -0.480 e. The minimum atomic E-state index is -1.12. The SMILES string of the molecule is O=C(O)CNc1cc(Br)c(F)cc1F. The number of hydrogen-bond acceptors (Lipinski definition) is 2. The van der Waals surface area contributed by atoms with Crippen LogP contribution in [0.1, 0.15) is 0 Å². The summed E-state index contributed by atoms with van der Waals surface area (Å²) >= 11 is 2.86. The van der Waals surface area contributed by atoms with Gasteiger partial charge in [-0.25, -0.2) is 8.78 Å². The molecule has 0 aliphatic heterocycles. The molecule has 0 aliphatic rings. The zero-order chi connectivity index (χ0) is 10.7. The number of carbonyl (C=O) groups is 1. The van der Waals surface area contributed by atoms with Crippen molar-refractivity contribution in [3.05, 3.63) is 28.2 Å². The van der Waals surface area contributed by atoms with Crippen molar-refractivity contribution in [1.82, 2.24) is 0 Å². The molecule has 2 N–H and O–H groups in total. The van der Waals surface area contributed by atoms with Crippen LogP contribution in [-0.2, 0) is 4.79 Å². The average Bonchev–Trinajstić information content (AvgIpc) is 2.09. The Bertz CT molecular complexity index is 371. The van der Waals surface area contributed by atoms with Gasteiger partial charge in [0.2, 0.25) is 0 Å². The Morgan fingerprint density at radius 2 is 2.07 bits per heavy atom. The summed E-state index contributed by atoms with van der Waals surface area (Å²) in [6, 6.07) is 1.82. The van der Waals surface area contributed by atoms with E-state index in [2.05, 4.69) is 21.2 Å². The Kier molecular flexibility index (Phi) is 3.40. The van der Waals surface area contributed by atoms with E-state index in [1.165, 1.54) is 0 Å². The molecule has 0 saturated carbocycles. The number of carboxylic acids is 1. The molecule has 1 aromatic carbocycles. The number of rotatable bonds is 3. The number of aliphatic carboxylic acids is 1. The van der Waals surface area contributed by atoms with Gasteiger partial charge in [-0.1, -0.05) is 0 Å². The predicted octanol–water partition coefficient (Wildman–Crippen LogP) is 2.22. The van der Waals surface area contributed by atoms with Gasteiger partial charge in [-0.15, -0.1) is 0 Å². The summed E-state index contributed by atoms with van der Waals surface area (Å²) < 4.78 is 25.8. The Hall–Kier alpha value is -1.17. The third kappa shape index (κ3) is 2.66. The Morgan fingerprint density at radius 3 is 2.64 bits per heavy atom. The van der Waals surface area contributed by atoms with E-state index in [9.17, 15) is 13.6 Å². The van der Waals surface area contributed by atoms with Gasteiger partial charge in [0.05, 0.1) is 10.2 Å². The summed E-state index contributed by atoms with van der Waals surface area (Å²) in [7, 11) is 0. The fourth-order valence-electron chi connectivity index (χ4n) is 0.829. The van der Waals surface area contributed by atoms with E-state index in [1.54, 1.807) is 0 Å². The molecule has 1 rings (SSSR count). The molecule has 1 aromatic rings. The van der Waals surface area contributed by atoms with Crippen molar-refractivity contribution >= 4 is 27.6 Å². The first-order chi connectivity index (χ1) is 6.50. The molecule has 0 atom stereocenters. The van der Waals surface area contributed by atoms with Crippen LogP contribution in [0.2, 0.25) is 0 Å². The zero-order valence-corrected chi connectivity index (χ0v) is 8.44. The van der Waals surface area contributed by atoms with Crippen LogP contribution < -0.4 is 5.32 Å². The quantitative estimate of drug-likeness (QED) is 0.825. The maximum absolute atomic E-state index is 13.0. The highest BCUT2D eigenvalue weighted by atomic mass is 79.9.